The summed E-state index contributed by atoms with van der Waals surface area (Å²) in [6, 6.07) is 1.63. The molecule has 0 aliphatic carbocycles. The first-order chi connectivity index (χ1) is 6.66. The lowest BCUT2D eigenvalue weighted by molar-refractivity contribution is 0.0697. The molecule has 0 saturated carbocycles. The topological polar surface area (TPSA) is 55.1 Å². The van der Waals surface area contributed by atoms with Gasteiger partial charge in [0.2, 0.25) is 0 Å². The SMILES string of the molecule is Cn1cnc(-c2cc(C(=O)O)cs2)c1. The van der Waals surface area contributed by atoms with Gasteiger partial charge in [0.15, 0.2) is 0 Å². The molecular weight excluding hydrogens is 200 g/mol. The van der Waals surface area contributed by atoms with Crippen LogP contribution in [0.4, 0.5) is 0 Å². The van der Waals surface area contributed by atoms with Crippen molar-refractivity contribution < 1.29 is 9.90 Å². The van der Waals surface area contributed by atoms with E-state index in [2.05, 4.69) is 4.98 Å². The van der Waals surface area contributed by atoms with Crippen LogP contribution in [0.2, 0.25) is 0 Å². The van der Waals surface area contributed by atoms with E-state index in [0.29, 0.717) is 5.56 Å². The minimum absolute atomic E-state index is 0.315. The van der Waals surface area contributed by atoms with Crippen LogP contribution in [-0.2, 0) is 7.05 Å². The molecule has 0 aromatic carbocycles. The number of carboxylic acid groups (broad SMARTS) is 1. The average Bonchev–Trinajstić information content (AvgIpc) is 2.70. The number of rotatable bonds is 2. The van der Waals surface area contributed by atoms with Crippen molar-refractivity contribution in [3.8, 4) is 10.6 Å². The molecule has 2 aromatic rings. The molecule has 0 bridgehead atoms. The van der Waals surface area contributed by atoms with E-state index in [0.717, 1.165) is 10.6 Å². The zero-order valence-electron chi connectivity index (χ0n) is 7.47. The van der Waals surface area contributed by atoms with Crippen LogP contribution < -0.4 is 0 Å². The zero-order valence-corrected chi connectivity index (χ0v) is 8.28. The molecule has 14 heavy (non-hydrogen) atoms. The van der Waals surface area contributed by atoms with Crippen molar-refractivity contribution >= 4 is 17.3 Å². The van der Waals surface area contributed by atoms with Gasteiger partial charge in [0.1, 0.15) is 0 Å². The second-order valence-electron chi connectivity index (χ2n) is 2.93. The number of nitrogens with zero attached hydrogens (tertiary/aromatic N) is 2. The van der Waals surface area contributed by atoms with Crippen molar-refractivity contribution in [2.45, 2.75) is 0 Å². The summed E-state index contributed by atoms with van der Waals surface area (Å²) < 4.78 is 1.83. The molecule has 2 heterocycles. The molecule has 0 radical (unpaired) electrons. The molecule has 0 aliphatic heterocycles. The monoisotopic (exact) mass is 208 g/mol. The van der Waals surface area contributed by atoms with E-state index in [-0.39, 0.29) is 0 Å². The van der Waals surface area contributed by atoms with Gasteiger partial charge in [0.25, 0.3) is 0 Å². The molecule has 0 aliphatic rings. The molecule has 1 N–H and O–H groups in total. The smallest absolute Gasteiger partial charge is 0.336 e. The van der Waals surface area contributed by atoms with Gasteiger partial charge in [-0.05, 0) is 6.07 Å². The summed E-state index contributed by atoms with van der Waals surface area (Å²) in [5, 5.41) is 10.3. The lowest BCUT2D eigenvalue weighted by atomic mass is 10.3. The van der Waals surface area contributed by atoms with Gasteiger partial charge < -0.3 is 9.67 Å². The standard InChI is InChI=1S/C9H8N2O2S/c1-11-3-7(10-5-11)8-2-6(4-14-8)9(12)13/h2-5H,1H3,(H,12,13). The van der Waals surface area contributed by atoms with E-state index in [1.54, 1.807) is 17.8 Å². The van der Waals surface area contributed by atoms with E-state index < -0.39 is 5.97 Å². The average molecular weight is 208 g/mol. The van der Waals surface area contributed by atoms with Crippen molar-refractivity contribution in [1.82, 2.24) is 9.55 Å². The largest absolute Gasteiger partial charge is 0.478 e. The molecule has 72 valence electrons. The number of carbonyl (C=O) groups is 1. The Kier molecular flexibility index (Phi) is 2.09. The van der Waals surface area contributed by atoms with Crippen LogP contribution in [0, 0.1) is 0 Å². The maximum absolute atomic E-state index is 10.6. The number of carboxylic acids is 1. The number of aryl methyl sites for hydroxylation is 1. The Labute approximate surface area is 84.5 Å². The fourth-order valence-corrected chi connectivity index (χ4v) is 1.97. The Hall–Kier alpha value is -1.62. The van der Waals surface area contributed by atoms with Gasteiger partial charge in [-0.2, -0.15) is 0 Å². The number of thiophene rings is 1. The van der Waals surface area contributed by atoms with Gasteiger partial charge in [-0.15, -0.1) is 11.3 Å². The Balaban J connectivity index is 2.38. The van der Waals surface area contributed by atoms with Crippen LogP contribution in [0.15, 0.2) is 24.0 Å². The lowest BCUT2D eigenvalue weighted by Gasteiger charge is -1.87. The van der Waals surface area contributed by atoms with Crippen molar-refractivity contribution in [2.75, 3.05) is 0 Å². The molecule has 0 saturated heterocycles. The van der Waals surface area contributed by atoms with E-state index in [4.69, 9.17) is 5.11 Å². The third kappa shape index (κ3) is 1.54. The number of aromatic nitrogens is 2. The van der Waals surface area contributed by atoms with Crippen LogP contribution >= 0.6 is 11.3 Å². The Morgan fingerprint density at radius 1 is 1.64 bits per heavy atom. The van der Waals surface area contributed by atoms with Gasteiger partial charge in [0.05, 0.1) is 22.5 Å². The molecule has 0 unspecified atom stereocenters. The third-order valence-electron chi connectivity index (χ3n) is 1.80. The molecule has 0 fully saturated rings. The highest BCUT2D eigenvalue weighted by atomic mass is 32.1. The summed E-state index contributed by atoms with van der Waals surface area (Å²) in [6.45, 7) is 0. The van der Waals surface area contributed by atoms with Gasteiger partial charge in [0, 0.05) is 18.6 Å². The fourth-order valence-electron chi connectivity index (χ4n) is 1.12. The first kappa shape index (κ1) is 8.96. The van der Waals surface area contributed by atoms with Crippen molar-refractivity contribution in [3.05, 3.63) is 29.5 Å². The summed E-state index contributed by atoms with van der Waals surface area (Å²) in [6.07, 6.45) is 3.55. The number of aromatic carboxylic acids is 1. The van der Waals surface area contributed by atoms with Crippen molar-refractivity contribution in [3.63, 3.8) is 0 Å². The predicted molar refractivity (Wildman–Crippen MR) is 53.5 cm³/mol. The summed E-state index contributed by atoms with van der Waals surface area (Å²) >= 11 is 1.39. The normalized spacial score (nSPS) is 10.4. The van der Waals surface area contributed by atoms with Crippen molar-refractivity contribution in [1.29, 1.82) is 0 Å². The van der Waals surface area contributed by atoms with Crippen LogP contribution in [0.25, 0.3) is 10.6 Å². The van der Waals surface area contributed by atoms with E-state index in [9.17, 15) is 4.79 Å². The first-order valence-electron chi connectivity index (χ1n) is 3.97. The van der Waals surface area contributed by atoms with Crippen LogP contribution in [-0.4, -0.2) is 20.6 Å². The van der Waals surface area contributed by atoms with E-state index in [1.165, 1.54) is 11.3 Å². The highest BCUT2D eigenvalue weighted by Crippen LogP contribution is 2.25. The van der Waals surface area contributed by atoms with Crippen LogP contribution in [0.3, 0.4) is 0 Å². The lowest BCUT2D eigenvalue weighted by Crippen LogP contribution is -1.91. The van der Waals surface area contributed by atoms with Gasteiger partial charge in [-0.1, -0.05) is 0 Å². The minimum atomic E-state index is -0.900. The molecule has 0 atom stereocenters. The molecule has 5 heteroatoms. The van der Waals surface area contributed by atoms with Crippen LogP contribution in [0.1, 0.15) is 10.4 Å². The van der Waals surface area contributed by atoms with Crippen LogP contribution in [0.5, 0.6) is 0 Å². The fraction of sp³-hybridized carbons (Fsp3) is 0.111. The Morgan fingerprint density at radius 2 is 2.43 bits per heavy atom. The molecular formula is C9H8N2O2S. The Bertz CT molecular complexity index is 473. The zero-order chi connectivity index (χ0) is 10.1. The maximum atomic E-state index is 10.6. The second-order valence-corrected chi connectivity index (χ2v) is 3.84. The van der Waals surface area contributed by atoms with E-state index in [1.807, 2.05) is 17.8 Å². The third-order valence-corrected chi connectivity index (χ3v) is 2.76. The molecule has 0 spiro atoms. The number of hydrogen-bond donors (Lipinski definition) is 1. The quantitative estimate of drug-likeness (QED) is 0.819. The minimum Gasteiger partial charge on any atom is -0.478 e. The summed E-state index contributed by atoms with van der Waals surface area (Å²) in [7, 11) is 1.88. The summed E-state index contributed by atoms with van der Waals surface area (Å²) in [5.41, 5.74) is 1.13. The van der Waals surface area contributed by atoms with Gasteiger partial charge >= 0.3 is 5.97 Å². The highest BCUT2D eigenvalue weighted by Gasteiger charge is 2.09. The molecule has 2 aromatic heterocycles. The molecule has 0 amide bonds. The van der Waals surface area contributed by atoms with Gasteiger partial charge in [-0.3, -0.25) is 0 Å². The first-order valence-corrected chi connectivity index (χ1v) is 4.85. The van der Waals surface area contributed by atoms with Crippen molar-refractivity contribution in [2.24, 2.45) is 7.05 Å². The molecule has 2 rings (SSSR count). The number of imidazole rings is 1. The predicted octanol–water partition coefficient (Wildman–Crippen LogP) is 1.85. The summed E-state index contributed by atoms with van der Waals surface area (Å²) in [4.78, 5) is 15.6. The second kappa shape index (κ2) is 3.26. The Morgan fingerprint density at radius 3 is 2.93 bits per heavy atom. The number of hydrogen-bond acceptors (Lipinski definition) is 3. The maximum Gasteiger partial charge on any atom is 0.336 e. The van der Waals surface area contributed by atoms with Gasteiger partial charge in [-0.25, -0.2) is 9.78 Å². The van der Waals surface area contributed by atoms with E-state index >= 15 is 0 Å². The summed E-state index contributed by atoms with van der Waals surface area (Å²) in [5.74, 6) is -0.900. The highest BCUT2D eigenvalue weighted by molar-refractivity contribution is 7.13. The molecule has 4 nitrogen and oxygen atoms in total.